The molecular formula is C56H38N4. The molecule has 4 aromatic heterocycles. The van der Waals surface area contributed by atoms with Gasteiger partial charge in [0.05, 0.1) is 77.4 Å². The summed E-state index contributed by atoms with van der Waals surface area (Å²) in [4.78, 5) is 2.32. The molecule has 0 aliphatic rings. The highest BCUT2D eigenvalue weighted by Gasteiger charge is 2.26. The van der Waals surface area contributed by atoms with Gasteiger partial charge in [0.15, 0.2) is 0 Å². The van der Waals surface area contributed by atoms with Crippen molar-refractivity contribution in [3.8, 4) is 0 Å². The van der Waals surface area contributed by atoms with Crippen LogP contribution in [0.5, 0.6) is 0 Å². The fraction of sp³-hybridized carbons (Fsp3) is 0.0357. The van der Waals surface area contributed by atoms with Gasteiger partial charge in [0, 0.05) is 65.8 Å². The lowest BCUT2D eigenvalue weighted by atomic mass is 10.0. The third kappa shape index (κ3) is 4.50. The Morgan fingerprint density at radius 2 is 0.800 bits per heavy atom. The first-order valence-electron chi connectivity index (χ1n) is 30.8. The molecule has 0 saturated heterocycles. The molecule has 0 radical (unpaired) electrons. The van der Waals surface area contributed by atoms with E-state index in [0.717, 1.165) is 9.80 Å². The molecule has 13 aromatic rings. The molecule has 0 fully saturated rings. The monoisotopic (exact) mass is 790 g/mol. The summed E-state index contributed by atoms with van der Waals surface area (Å²) in [5.41, 5.74) is -1.76. The molecule has 13 rings (SSSR count). The van der Waals surface area contributed by atoms with Crippen molar-refractivity contribution in [3.63, 3.8) is 0 Å². The molecule has 60 heavy (non-hydrogen) atoms. The van der Waals surface area contributed by atoms with Crippen LogP contribution in [0.15, 0.2) is 194 Å². The first-order chi connectivity index (χ1) is 39.6. The highest BCUT2D eigenvalue weighted by atomic mass is 15.2. The first kappa shape index (κ1) is 17.6. The number of hydrogen-bond acceptors (Lipinski definition) is 2. The zero-order chi connectivity index (χ0) is 60.5. The Labute approximate surface area is 380 Å². The number of fused-ring (bicyclic) bond motifs is 12. The largest absolute Gasteiger partial charge is 0.310 e. The smallest absolute Gasteiger partial charge is 0.0653 e. The van der Waals surface area contributed by atoms with E-state index in [0.29, 0.717) is 11.1 Å². The second-order valence-corrected chi connectivity index (χ2v) is 14.5. The standard InChI is InChI=1S/C56H38N4/c1-35-15-9-21-39(31-35)57(37-17-5-3-6-18-37)47-27-13-29-49-53(47)43-25-11-23-41-45-34-52-46(33-51(45)59(49)55(41)43)42-24-12-26-44-54-48(28-14-30-50(54)60(52)56(42)44)58(38-19-7-4-8-20-38)40-22-10-16-36(2)32-40/h3-34H,1-2H3/i3D,4D,5D,6D,7D,8D,11D,12D,13D,14D,17D,18D,19D,20D,23D,24D,25D,26D,27D,28D,29D,30D,33D,34D. The van der Waals surface area contributed by atoms with Crippen LogP contribution in [0.4, 0.5) is 34.1 Å². The minimum Gasteiger partial charge on any atom is -0.310 e. The minimum absolute atomic E-state index is 0.118. The van der Waals surface area contributed by atoms with E-state index in [-0.39, 0.29) is 98.9 Å². The number of aromatic nitrogens is 2. The summed E-state index contributed by atoms with van der Waals surface area (Å²) in [5, 5.41) is -1.98. The average Bonchev–Trinajstić information content (AvgIpc) is 1.50. The van der Waals surface area contributed by atoms with E-state index in [2.05, 4.69) is 0 Å². The maximum absolute atomic E-state index is 10.4. The van der Waals surface area contributed by atoms with Gasteiger partial charge in [-0.15, -0.1) is 0 Å². The van der Waals surface area contributed by atoms with Crippen LogP contribution in [-0.2, 0) is 0 Å². The molecule has 0 saturated carbocycles. The second kappa shape index (κ2) is 12.3. The van der Waals surface area contributed by atoms with Crippen molar-refractivity contribution in [2.75, 3.05) is 9.80 Å². The molecule has 4 heteroatoms. The molecule has 0 N–H and O–H groups in total. The zero-order valence-corrected chi connectivity index (χ0v) is 31.4. The Morgan fingerprint density at radius 1 is 0.383 bits per heavy atom. The number of benzene rings is 9. The van der Waals surface area contributed by atoms with E-state index < -0.39 is 156 Å². The summed E-state index contributed by atoms with van der Waals surface area (Å²) < 4.78 is 227. The molecule has 0 aliphatic heterocycles. The Morgan fingerprint density at radius 3 is 1.23 bits per heavy atom. The summed E-state index contributed by atoms with van der Waals surface area (Å²) in [6.07, 6.45) is 0. The van der Waals surface area contributed by atoms with E-state index >= 15 is 0 Å². The predicted molar refractivity (Wildman–Crippen MR) is 255 cm³/mol. The van der Waals surface area contributed by atoms with Gasteiger partial charge in [-0.3, -0.25) is 0 Å². The number of hydrogen-bond donors (Lipinski definition) is 0. The molecule has 4 heterocycles. The summed E-state index contributed by atoms with van der Waals surface area (Å²) in [6, 6.07) is -4.05. The van der Waals surface area contributed by atoms with Crippen LogP contribution >= 0.6 is 0 Å². The number of nitrogens with zero attached hydrogens (tertiary/aromatic N) is 4. The van der Waals surface area contributed by atoms with Crippen LogP contribution in [0.1, 0.15) is 44.0 Å². The molecule has 282 valence electrons. The summed E-state index contributed by atoms with van der Waals surface area (Å²) in [7, 11) is 0. The number of para-hydroxylation sites is 4. The summed E-state index contributed by atoms with van der Waals surface area (Å²) in [5.74, 6) is 0. The predicted octanol–water partition coefficient (Wildman–Crippen LogP) is 15.5. The van der Waals surface area contributed by atoms with E-state index in [9.17, 15) is 24.7 Å². The molecular weight excluding hydrogens is 729 g/mol. The average molecular weight is 791 g/mol. The molecule has 4 nitrogen and oxygen atoms in total. The molecule has 0 aliphatic carbocycles. The molecule has 0 amide bonds. The van der Waals surface area contributed by atoms with E-state index in [1.165, 1.54) is 20.9 Å². The fourth-order valence-corrected chi connectivity index (χ4v) is 8.72. The normalized spacial score (nSPS) is 17.8. The van der Waals surface area contributed by atoms with Gasteiger partial charge < -0.3 is 18.6 Å². The van der Waals surface area contributed by atoms with Crippen molar-refractivity contribution in [1.29, 1.82) is 0 Å². The van der Waals surface area contributed by atoms with Crippen molar-refractivity contribution in [3.05, 3.63) is 205 Å². The highest BCUT2D eigenvalue weighted by molar-refractivity contribution is 6.31. The molecule has 9 aromatic carbocycles. The quantitative estimate of drug-likeness (QED) is 0.167. The maximum atomic E-state index is 10.4. The fourth-order valence-electron chi connectivity index (χ4n) is 8.72. The lowest BCUT2D eigenvalue weighted by Gasteiger charge is -2.26. The Bertz CT molecular complexity index is 4860. The van der Waals surface area contributed by atoms with Crippen LogP contribution in [-0.4, -0.2) is 8.80 Å². The number of aryl methyl sites for hydroxylation is 2. The molecule has 0 unspecified atom stereocenters. The van der Waals surface area contributed by atoms with Crippen molar-refractivity contribution < 1.29 is 32.9 Å². The van der Waals surface area contributed by atoms with Crippen molar-refractivity contribution in [1.82, 2.24) is 8.80 Å². The van der Waals surface area contributed by atoms with Crippen molar-refractivity contribution >= 4 is 110 Å². The van der Waals surface area contributed by atoms with Gasteiger partial charge >= 0.3 is 0 Å². The lowest BCUT2D eigenvalue weighted by molar-refractivity contribution is 1.28. The summed E-state index contributed by atoms with van der Waals surface area (Å²) >= 11 is 0. The van der Waals surface area contributed by atoms with Crippen LogP contribution < -0.4 is 9.80 Å². The van der Waals surface area contributed by atoms with Gasteiger partial charge in [-0.2, -0.15) is 0 Å². The van der Waals surface area contributed by atoms with Gasteiger partial charge in [0.25, 0.3) is 0 Å². The van der Waals surface area contributed by atoms with Gasteiger partial charge in [0.1, 0.15) is 0 Å². The van der Waals surface area contributed by atoms with Crippen LogP contribution in [0.25, 0.3) is 76.2 Å². The number of anilines is 6. The Kier molecular flexibility index (Phi) is 3.62. The first-order valence-corrected chi connectivity index (χ1v) is 18.8. The summed E-state index contributed by atoms with van der Waals surface area (Å²) in [6.45, 7) is 3.44. The third-order valence-electron chi connectivity index (χ3n) is 11.1. The minimum atomic E-state index is -0.774. The maximum Gasteiger partial charge on any atom is 0.0653 e. The van der Waals surface area contributed by atoms with Crippen LogP contribution in [0.2, 0.25) is 0 Å². The Balaban J connectivity index is 1.27. The van der Waals surface area contributed by atoms with Gasteiger partial charge in [0.2, 0.25) is 0 Å². The number of rotatable bonds is 6. The zero-order valence-electron chi connectivity index (χ0n) is 55.4. The third-order valence-corrected chi connectivity index (χ3v) is 11.1. The molecule has 0 spiro atoms. The van der Waals surface area contributed by atoms with E-state index in [1.807, 2.05) is 0 Å². The van der Waals surface area contributed by atoms with Crippen LogP contribution in [0.3, 0.4) is 0 Å². The molecule has 0 bridgehead atoms. The van der Waals surface area contributed by atoms with E-state index in [4.69, 9.17) is 8.22 Å². The molecule has 0 atom stereocenters. The van der Waals surface area contributed by atoms with Crippen molar-refractivity contribution in [2.45, 2.75) is 13.8 Å². The SMILES string of the molecule is [2H]c1c([2H])c([2H])c(N(c2cccc(C)c2)c2c([2H])c([2H])c([2H])c3c2c2c([2H])c([2H])c([2H])c4c5c([2H])c6c(c([2H])c5n3c24)c2c([2H])c([2H])c([2H])c3c4c(N(c5cccc(C)c5)c5c([2H])c([2H])c([2H])c([2H])c5[2H])c([2H])c([2H])c([2H])c4n6c32)c([2H])c1[2H]. The van der Waals surface area contributed by atoms with Gasteiger partial charge in [-0.05, 0) is 110 Å². The topological polar surface area (TPSA) is 15.3 Å². The highest BCUT2D eigenvalue weighted by Crippen LogP contribution is 2.50. The van der Waals surface area contributed by atoms with Crippen LogP contribution in [0, 0.1) is 13.8 Å². The second-order valence-electron chi connectivity index (χ2n) is 14.5. The lowest BCUT2D eigenvalue weighted by Crippen LogP contribution is -2.10. The Hall–Kier alpha value is -7.82. The van der Waals surface area contributed by atoms with Gasteiger partial charge in [-0.25, -0.2) is 0 Å². The van der Waals surface area contributed by atoms with E-state index in [1.54, 1.807) is 50.2 Å². The van der Waals surface area contributed by atoms with Gasteiger partial charge in [-0.1, -0.05) is 109 Å². The van der Waals surface area contributed by atoms with Crippen molar-refractivity contribution in [2.24, 2.45) is 0 Å².